The fourth-order valence-corrected chi connectivity index (χ4v) is 2.75. The second-order valence-corrected chi connectivity index (χ2v) is 7.04. The molecule has 0 saturated heterocycles. The lowest BCUT2D eigenvalue weighted by Crippen LogP contribution is -2.25. The second-order valence-electron chi connectivity index (χ2n) is 7.04. The maximum Gasteiger partial charge on any atom is 0.435 e. The van der Waals surface area contributed by atoms with Gasteiger partial charge in [-0.15, -0.1) is 0 Å². The Morgan fingerprint density at radius 2 is 1.79 bits per heavy atom. The highest BCUT2D eigenvalue weighted by molar-refractivity contribution is 5.31. The molecule has 0 aromatic carbocycles. The van der Waals surface area contributed by atoms with Gasteiger partial charge >= 0.3 is 12.4 Å². The second kappa shape index (κ2) is 6.56. The molecule has 0 spiro atoms. The number of alkyl halides is 6. The maximum atomic E-state index is 12.9. The van der Waals surface area contributed by atoms with Crippen LogP contribution in [-0.4, -0.2) is 27.5 Å². The van der Waals surface area contributed by atoms with Crippen LogP contribution in [0.3, 0.4) is 0 Å². The van der Waals surface area contributed by atoms with Gasteiger partial charge in [0, 0.05) is 31.2 Å². The molecule has 1 fully saturated rings. The third-order valence-corrected chi connectivity index (χ3v) is 4.75. The highest BCUT2D eigenvalue weighted by Crippen LogP contribution is 2.62. The lowest BCUT2D eigenvalue weighted by Gasteiger charge is -2.16. The van der Waals surface area contributed by atoms with Crippen molar-refractivity contribution in [1.29, 1.82) is 0 Å². The van der Waals surface area contributed by atoms with E-state index in [1.54, 1.807) is 6.92 Å². The molecule has 2 unspecified atom stereocenters. The van der Waals surface area contributed by atoms with Gasteiger partial charge in [0.25, 0.3) is 0 Å². The first-order valence-corrected chi connectivity index (χ1v) is 8.27. The number of aryl methyl sites for hydroxylation is 2. The Balaban J connectivity index is 1.70. The normalized spacial score (nSPS) is 22.2. The van der Waals surface area contributed by atoms with Crippen molar-refractivity contribution >= 4 is 0 Å². The molecule has 2 aromatic rings. The summed E-state index contributed by atoms with van der Waals surface area (Å²) >= 11 is 0. The largest absolute Gasteiger partial charge is 0.477 e. The summed E-state index contributed by atoms with van der Waals surface area (Å²) in [6.45, 7) is 2.64. The van der Waals surface area contributed by atoms with Gasteiger partial charge in [0.15, 0.2) is 5.69 Å². The SMILES string of the molecule is Cc1cc(OCC2CC2(C)C(F)(F)F)nc(Oc2cc(C(F)(F)F)nn2C)c1. The van der Waals surface area contributed by atoms with Gasteiger partial charge in [0.2, 0.25) is 17.6 Å². The topological polar surface area (TPSA) is 49.2 Å². The highest BCUT2D eigenvalue weighted by atomic mass is 19.4. The maximum absolute atomic E-state index is 12.9. The minimum absolute atomic E-state index is 0.0269. The number of nitrogens with zero attached hydrogens (tertiary/aromatic N) is 3. The van der Waals surface area contributed by atoms with Crippen LogP contribution in [0.2, 0.25) is 0 Å². The van der Waals surface area contributed by atoms with Gasteiger partial charge < -0.3 is 9.47 Å². The first-order chi connectivity index (χ1) is 12.8. The summed E-state index contributed by atoms with van der Waals surface area (Å²) < 4.78 is 88.6. The van der Waals surface area contributed by atoms with E-state index in [1.807, 2.05) is 0 Å². The van der Waals surface area contributed by atoms with Crippen LogP contribution in [0.25, 0.3) is 0 Å². The Hall–Kier alpha value is -2.46. The van der Waals surface area contributed by atoms with Gasteiger partial charge in [-0.1, -0.05) is 6.92 Å². The van der Waals surface area contributed by atoms with E-state index in [9.17, 15) is 26.3 Å². The zero-order valence-corrected chi connectivity index (χ0v) is 15.1. The number of halogens is 6. The molecule has 2 atom stereocenters. The molecule has 0 radical (unpaired) electrons. The molecule has 11 heteroatoms. The molecule has 28 heavy (non-hydrogen) atoms. The van der Waals surface area contributed by atoms with Crippen LogP contribution in [0, 0.1) is 18.3 Å². The predicted octanol–water partition coefficient (Wildman–Crippen LogP) is 4.90. The molecule has 1 saturated carbocycles. The average Bonchev–Trinajstić information content (AvgIpc) is 3.08. The third kappa shape index (κ3) is 4.02. The predicted molar refractivity (Wildman–Crippen MR) is 85.0 cm³/mol. The lowest BCUT2D eigenvalue weighted by atomic mass is 10.1. The van der Waals surface area contributed by atoms with E-state index in [1.165, 1.54) is 19.2 Å². The van der Waals surface area contributed by atoms with E-state index in [4.69, 9.17) is 9.47 Å². The summed E-state index contributed by atoms with van der Waals surface area (Å²) in [5, 5.41) is 3.33. The van der Waals surface area contributed by atoms with Gasteiger partial charge in [-0.25, -0.2) is 4.68 Å². The van der Waals surface area contributed by atoms with Crippen LogP contribution in [0.5, 0.6) is 17.6 Å². The Morgan fingerprint density at radius 3 is 2.32 bits per heavy atom. The molecule has 2 aromatic heterocycles. The van der Waals surface area contributed by atoms with Crippen molar-refractivity contribution in [2.45, 2.75) is 32.6 Å². The molecule has 0 aliphatic heterocycles. The zero-order valence-electron chi connectivity index (χ0n) is 15.1. The first-order valence-electron chi connectivity index (χ1n) is 8.27. The Bertz CT molecular complexity index is 877. The fraction of sp³-hybridized carbons (Fsp3) is 0.529. The number of rotatable bonds is 5. The molecule has 154 valence electrons. The first kappa shape index (κ1) is 20.3. The minimum Gasteiger partial charge on any atom is -0.477 e. The van der Waals surface area contributed by atoms with Crippen LogP contribution < -0.4 is 9.47 Å². The number of hydrogen-bond donors (Lipinski definition) is 0. The van der Waals surface area contributed by atoms with E-state index < -0.39 is 29.4 Å². The molecule has 0 bridgehead atoms. The number of hydrogen-bond acceptors (Lipinski definition) is 4. The quantitative estimate of drug-likeness (QED) is 0.659. The van der Waals surface area contributed by atoms with Crippen molar-refractivity contribution in [3.63, 3.8) is 0 Å². The van der Waals surface area contributed by atoms with Crippen molar-refractivity contribution in [1.82, 2.24) is 14.8 Å². The van der Waals surface area contributed by atoms with Crippen molar-refractivity contribution < 1.29 is 35.8 Å². The zero-order chi connectivity index (χ0) is 20.9. The minimum atomic E-state index is -4.62. The van der Waals surface area contributed by atoms with Gasteiger partial charge in [0.1, 0.15) is 0 Å². The van der Waals surface area contributed by atoms with Gasteiger partial charge in [-0.2, -0.15) is 36.4 Å². The van der Waals surface area contributed by atoms with Gasteiger partial charge in [0.05, 0.1) is 12.0 Å². The molecule has 0 amide bonds. The Labute approximate surface area is 156 Å². The van der Waals surface area contributed by atoms with E-state index in [0.29, 0.717) is 5.56 Å². The van der Waals surface area contributed by atoms with Crippen LogP contribution in [0.15, 0.2) is 18.2 Å². The molecule has 5 nitrogen and oxygen atoms in total. The summed E-state index contributed by atoms with van der Waals surface area (Å²) in [7, 11) is 1.28. The van der Waals surface area contributed by atoms with Crippen molar-refractivity contribution in [2.24, 2.45) is 18.4 Å². The summed E-state index contributed by atoms with van der Waals surface area (Å²) in [4.78, 5) is 4.00. The molecular formula is C17H17F6N3O2. The molecule has 2 heterocycles. The van der Waals surface area contributed by atoms with E-state index in [-0.39, 0.29) is 30.7 Å². The summed E-state index contributed by atoms with van der Waals surface area (Å²) in [5.74, 6) is -0.889. The highest BCUT2D eigenvalue weighted by Gasteiger charge is 2.67. The van der Waals surface area contributed by atoms with E-state index >= 15 is 0 Å². The number of pyridine rings is 1. The van der Waals surface area contributed by atoms with Crippen LogP contribution in [-0.2, 0) is 13.2 Å². The summed E-state index contributed by atoms with van der Waals surface area (Å²) in [5.41, 5.74) is -2.26. The summed E-state index contributed by atoms with van der Waals surface area (Å²) in [6, 6.07) is 3.69. The van der Waals surface area contributed by atoms with Crippen molar-refractivity contribution in [3.05, 3.63) is 29.5 Å². The Morgan fingerprint density at radius 1 is 1.14 bits per heavy atom. The Kier molecular flexibility index (Phi) is 4.75. The van der Waals surface area contributed by atoms with Crippen LogP contribution in [0.4, 0.5) is 26.3 Å². The molecule has 1 aliphatic carbocycles. The summed E-state index contributed by atoms with van der Waals surface area (Å²) in [6.07, 6.45) is -8.95. The van der Waals surface area contributed by atoms with Gasteiger partial charge in [-0.05, 0) is 18.9 Å². The molecule has 0 N–H and O–H groups in total. The van der Waals surface area contributed by atoms with Gasteiger partial charge in [-0.3, -0.25) is 0 Å². The lowest BCUT2D eigenvalue weighted by molar-refractivity contribution is -0.187. The van der Waals surface area contributed by atoms with Crippen molar-refractivity contribution in [2.75, 3.05) is 6.61 Å². The molecule has 3 rings (SSSR count). The standard InChI is InChI=1S/C17H17F6N3O2/c1-9-4-12(27-8-10-7-15(10,2)17(21,22)23)24-13(5-9)28-14-6-11(16(18,19)20)25-26(14)3/h4-6,10H,7-8H2,1-3H3. The van der Waals surface area contributed by atoms with E-state index in [2.05, 4.69) is 10.1 Å². The third-order valence-electron chi connectivity index (χ3n) is 4.75. The van der Waals surface area contributed by atoms with E-state index in [0.717, 1.165) is 17.7 Å². The number of ether oxygens (including phenoxy) is 2. The van der Waals surface area contributed by atoms with Crippen LogP contribution in [0.1, 0.15) is 24.6 Å². The average molecular weight is 409 g/mol. The van der Waals surface area contributed by atoms with Crippen molar-refractivity contribution in [3.8, 4) is 17.6 Å². The molecular weight excluding hydrogens is 392 g/mol. The number of aromatic nitrogens is 3. The smallest absolute Gasteiger partial charge is 0.435 e. The van der Waals surface area contributed by atoms with Crippen LogP contribution >= 0.6 is 0 Å². The fourth-order valence-electron chi connectivity index (χ4n) is 2.75. The monoisotopic (exact) mass is 409 g/mol. The molecule has 1 aliphatic rings.